The highest BCUT2D eigenvalue weighted by atomic mass is 35.5. The van der Waals surface area contributed by atoms with Gasteiger partial charge >= 0.3 is 0 Å². The molecular weight excluding hydrogens is 386 g/mol. The van der Waals surface area contributed by atoms with Crippen molar-refractivity contribution in [3.63, 3.8) is 0 Å². The first kappa shape index (κ1) is 19.5. The summed E-state index contributed by atoms with van der Waals surface area (Å²) in [5.41, 5.74) is 1.10. The van der Waals surface area contributed by atoms with Crippen LogP contribution in [0.2, 0.25) is 5.15 Å². The van der Waals surface area contributed by atoms with Gasteiger partial charge in [0.15, 0.2) is 0 Å². The molecule has 0 fully saturated rings. The first-order valence-corrected chi connectivity index (χ1v) is 10.4. The Balaban J connectivity index is 2.03. The molecule has 0 unspecified atom stereocenters. The van der Waals surface area contributed by atoms with Crippen LogP contribution in [0.25, 0.3) is 10.9 Å². The Labute approximate surface area is 163 Å². The lowest BCUT2D eigenvalue weighted by molar-refractivity contribution is 0.444. The zero-order chi connectivity index (χ0) is 19.6. The third-order valence-electron chi connectivity index (χ3n) is 4.39. The van der Waals surface area contributed by atoms with Gasteiger partial charge in [-0.3, -0.25) is 4.79 Å². The molecule has 3 aromatic rings. The summed E-state index contributed by atoms with van der Waals surface area (Å²) in [4.78, 5) is 16.7. The zero-order valence-corrected chi connectivity index (χ0v) is 16.7. The van der Waals surface area contributed by atoms with Gasteiger partial charge in [0.2, 0.25) is 10.0 Å². The topological polar surface area (TPSA) is 72.3 Å². The van der Waals surface area contributed by atoms with E-state index in [0.29, 0.717) is 18.7 Å². The van der Waals surface area contributed by atoms with Gasteiger partial charge in [0.1, 0.15) is 5.15 Å². The second kappa shape index (κ2) is 7.80. The Morgan fingerprint density at radius 1 is 1.11 bits per heavy atom. The second-order valence-electron chi connectivity index (χ2n) is 6.05. The molecule has 0 aliphatic rings. The number of rotatable bonds is 6. The van der Waals surface area contributed by atoms with Gasteiger partial charge in [-0.15, -0.1) is 0 Å². The molecule has 2 heterocycles. The van der Waals surface area contributed by atoms with E-state index < -0.39 is 10.0 Å². The van der Waals surface area contributed by atoms with Gasteiger partial charge in [-0.05, 0) is 18.2 Å². The maximum atomic E-state index is 12.7. The van der Waals surface area contributed by atoms with Gasteiger partial charge in [-0.25, -0.2) is 13.4 Å². The number of para-hydroxylation sites is 1. The summed E-state index contributed by atoms with van der Waals surface area (Å²) in [6.45, 7) is 4.41. The van der Waals surface area contributed by atoms with Crippen molar-refractivity contribution in [2.45, 2.75) is 25.3 Å². The Morgan fingerprint density at radius 2 is 1.81 bits per heavy atom. The highest BCUT2D eigenvalue weighted by molar-refractivity contribution is 7.89. The maximum absolute atomic E-state index is 12.7. The molecule has 0 saturated carbocycles. The van der Waals surface area contributed by atoms with E-state index in [1.807, 2.05) is 30.3 Å². The fourth-order valence-electron chi connectivity index (χ4n) is 2.93. The number of benzene rings is 1. The van der Waals surface area contributed by atoms with Crippen LogP contribution in [0.4, 0.5) is 0 Å². The molecule has 6 nitrogen and oxygen atoms in total. The standard InChI is InChI=1S/C19H20ClN3O3S/c1-3-23(4-2)27(25,26)16-9-10-18(24)22(13-16)12-15-11-14-7-5-6-8-17(14)21-19(15)20/h5-11,13H,3-4,12H2,1-2H3. The number of hydrogen-bond acceptors (Lipinski definition) is 4. The van der Waals surface area contributed by atoms with Crippen molar-refractivity contribution in [3.05, 3.63) is 69.7 Å². The SMILES string of the molecule is CCN(CC)S(=O)(=O)c1ccc(=O)n(Cc2cc3ccccc3nc2Cl)c1. The molecule has 0 bridgehead atoms. The summed E-state index contributed by atoms with van der Waals surface area (Å²) < 4.78 is 28.1. The monoisotopic (exact) mass is 405 g/mol. The lowest BCUT2D eigenvalue weighted by Gasteiger charge is -2.19. The molecule has 1 aromatic carbocycles. The fraction of sp³-hybridized carbons (Fsp3) is 0.263. The lowest BCUT2D eigenvalue weighted by atomic mass is 10.1. The number of nitrogens with zero attached hydrogens (tertiary/aromatic N) is 3. The van der Waals surface area contributed by atoms with E-state index in [0.717, 1.165) is 10.9 Å². The van der Waals surface area contributed by atoms with E-state index in [1.165, 1.54) is 27.2 Å². The van der Waals surface area contributed by atoms with E-state index in [-0.39, 0.29) is 22.2 Å². The van der Waals surface area contributed by atoms with Gasteiger partial charge in [0.25, 0.3) is 5.56 Å². The van der Waals surface area contributed by atoms with Crippen molar-refractivity contribution in [2.24, 2.45) is 0 Å². The minimum absolute atomic E-state index is 0.0793. The van der Waals surface area contributed by atoms with Gasteiger partial charge in [0.05, 0.1) is 17.0 Å². The van der Waals surface area contributed by atoms with Crippen molar-refractivity contribution in [1.29, 1.82) is 0 Å². The fourth-order valence-corrected chi connectivity index (χ4v) is 4.61. The second-order valence-corrected chi connectivity index (χ2v) is 8.35. The number of hydrogen-bond donors (Lipinski definition) is 0. The summed E-state index contributed by atoms with van der Waals surface area (Å²) in [6, 6.07) is 12.0. The summed E-state index contributed by atoms with van der Waals surface area (Å²) >= 11 is 6.28. The van der Waals surface area contributed by atoms with Crippen molar-refractivity contribution >= 4 is 32.5 Å². The van der Waals surface area contributed by atoms with Crippen LogP contribution in [-0.2, 0) is 16.6 Å². The molecule has 0 atom stereocenters. The molecule has 27 heavy (non-hydrogen) atoms. The van der Waals surface area contributed by atoms with Crippen LogP contribution >= 0.6 is 11.6 Å². The lowest BCUT2D eigenvalue weighted by Crippen LogP contribution is -2.32. The Kier molecular flexibility index (Phi) is 5.64. The van der Waals surface area contributed by atoms with Crippen LogP contribution in [0, 0.1) is 0 Å². The number of pyridine rings is 2. The van der Waals surface area contributed by atoms with Crippen molar-refractivity contribution in [2.75, 3.05) is 13.1 Å². The molecule has 3 rings (SSSR count). The molecule has 0 saturated heterocycles. The van der Waals surface area contributed by atoms with Crippen LogP contribution in [0.3, 0.4) is 0 Å². The first-order valence-electron chi connectivity index (χ1n) is 8.61. The smallest absolute Gasteiger partial charge is 0.250 e. The van der Waals surface area contributed by atoms with Gasteiger partial charge in [-0.2, -0.15) is 4.31 Å². The summed E-state index contributed by atoms with van der Waals surface area (Å²) in [6.07, 6.45) is 1.36. The molecular formula is C19H20ClN3O3S. The molecule has 0 aliphatic carbocycles. The number of sulfonamides is 1. The number of halogens is 1. The molecule has 0 amide bonds. The normalized spacial score (nSPS) is 12.0. The molecule has 0 spiro atoms. The van der Waals surface area contributed by atoms with E-state index in [4.69, 9.17) is 11.6 Å². The van der Waals surface area contributed by atoms with Crippen molar-refractivity contribution in [3.8, 4) is 0 Å². The Bertz CT molecular complexity index is 1140. The predicted octanol–water partition coefficient (Wildman–Crippen LogP) is 3.13. The first-order chi connectivity index (χ1) is 12.9. The summed E-state index contributed by atoms with van der Waals surface area (Å²) in [5.74, 6) is 0. The largest absolute Gasteiger partial charge is 0.310 e. The molecule has 8 heteroatoms. The van der Waals surface area contributed by atoms with Crippen LogP contribution < -0.4 is 5.56 Å². The van der Waals surface area contributed by atoms with Crippen LogP contribution in [-0.4, -0.2) is 35.4 Å². The van der Waals surface area contributed by atoms with Gasteiger partial charge in [0, 0.05) is 36.3 Å². The molecule has 142 valence electrons. The van der Waals surface area contributed by atoms with Crippen LogP contribution in [0.1, 0.15) is 19.4 Å². The van der Waals surface area contributed by atoms with Crippen molar-refractivity contribution in [1.82, 2.24) is 13.9 Å². The number of aromatic nitrogens is 2. The van der Waals surface area contributed by atoms with Crippen molar-refractivity contribution < 1.29 is 8.42 Å². The number of fused-ring (bicyclic) bond motifs is 1. The summed E-state index contributed by atoms with van der Waals surface area (Å²) in [5, 5.41) is 1.19. The average molecular weight is 406 g/mol. The van der Waals surface area contributed by atoms with Crippen LogP contribution in [0.15, 0.2) is 58.4 Å². The molecule has 0 radical (unpaired) electrons. The van der Waals surface area contributed by atoms with Crippen LogP contribution in [0.5, 0.6) is 0 Å². The average Bonchev–Trinajstić information content (AvgIpc) is 2.64. The Morgan fingerprint density at radius 3 is 2.52 bits per heavy atom. The maximum Gasteiger partial charge on any atom is 0.250 e. The van der Waals surface area contributed by atoms with E-state index in [1.54, 1.807) is 13.8 Å². The quantitative estimate of drug-likeness (QED) is 0.590. The highest BCUT2D eigenvalue weighted by Gasteiger charge is 2.22. The highest BCUT2D eigenvalue weighted by Crippen LogP contribution is 2.21. The van der Waals surface area contributed by atoms with Gasteiger partial charge in [-0.1, -0.05) is 43.6 Å². The molecule has 0 N–H and O–H groups in total. The van der Waals surface area contributed by atoms with E-state index in [9.17, 15) is 13.2 Å². The predicted molar refractivity (Wildman–Crippen MR) is 107 cm³/mol. The summed E-state index contributed by atoms with van der Waals surface area (Å²) in [7, 11) is -3.65. The van der Waals surface area contributed by atoms with Gasteiger partial charge < -0.3 is 4.57 Å². The minimum Gasteiger partial charge on any atom is -0.310 e. The van der Waals surface area contributed by atoms with E-state index in [2.05, 4.69) is 4.98 Å². The molecule has 2 aromatic heterocycles. The third kappa shape index (κ3) is 3.90. The Hall–Kier alpha value is -2.22. The minimum atomic E-state index is -3.65. The zero-order valence-electron chi connectivity index (χ0n) is 15.1. The third-order valence-corrected chi connectivity index (χ3v) is 6.75. The van der Waals surface area contributed by atoms with E-state index >= 15 is 0 Å². The molecule has 0 aliphatic heterocycles.